The number of hydrogen-bond donors (Lipinski definition) is 2. The van der Waals surface area contributed by atoms with E-state index in [9.17, 15) is 4.79 Å². The maximum Gasteiger partial charge on any atom is 0.303 e. The van der Waals surface area contributed by atoms with E-state index < -0.39 is 5.97 Å². The third-order valence-corrected chi connectivity index (χ3v) is 3.04. The van der Waals surface area contributed by atoms with Crippen molar-refractivity contribution in [1.29, 1.82) is 0 Å². The van der Waals surface area contributed by atoms with Crippen LogP contribution in [0.15, 0.2) is 17.5 Å². The summed E-state index contributed by atoms with van der Waals surface area (Å²) in [4.78, 5) is 11.5. The van der Waals surface area contributed by atoms with Crippen molar-refractivity contribution in [2.45, 2.75) is 25.8 Å². The SMILES string of the molecule is C[C@H](NCCCC(=O)O)c1cccs1. The Hall–Kier alpha value is -0.870. The van der Waals surface area contributed by atoms with E-state index in [0.29, 0.717) is 12.5 Å². The van der Waals surface area contributed by atoms with Gasteiger partial charge in [-0.25, -0.2) is 0 Å². The minimum Gasteiger partial charge on any atom is -0.481 e. The van der Waals surface area contributed by atoms with Gasteiger partial charge >= 0.3 is 5.97 Å². The van der Waals surface area contributed by atoms with Crippen LogP contribution in [-0.4, -0.2) is 17.6 Å². The number of nitrogens with one attached hydrogen (secondary N) is 1. The first kappa shape index (κ1) is 11.2. The molecule has 78 valence electrons. The monoisotopic (exact) mass is 213 g/mol. The first-order valence-electron chi connectivity index (χ1n) is 4.68. The minimum absolute atomic E-state index is 0.240. The number of carbonyl (C=O) groups is 1. The summed E-state index contributed by atoms with van der Waals surface area (Å²) in [6, 6.07) is 4.43. The number of thiophene rings is 1. The Bertz CT molecular complexity index is 272. The first-order chi connectivity index (χ1) is 6.70. The van der Waals surface area contributed by atoms with Gasteiger partial charge in [0.15, 0.2) is 0 Å². The van der Waals surface area contributed by atoms with Gasteiger partial charge in [0, 0.05) is 17.3 Å². The second kappa shape index (κ2) is 5.78. The lowest BCUT2D eigenvalue weighted by Gasteiger charge is -2.10. The average Bonchev–Trinajstić information content (AvgIpc) is 2.64. The second-order valence-electron chi connectivity index (χ2n) is 3.19. The van der Waals surface area contributed by atoms with Gasteiger partial charge in [-0.2, -0.15) is 0 Å². The molecule has 0 aliphatic heterocycles. The van der Waals surface area contributed by atoms with E-state index in [0.717, 1.165) is 6.54 Å². The highest BCUT2D eigenvalue weighted by molar-refractivity contribution is 7.10. The third kappa shape index (κ3) is 3.89. The summed E-state index contributed by atoms with van der Waals surface area (Å²) in [6.07, 6.45) is 0.926. The Morgan fingerprint density at radius 3 is 3.07 bits per heavy atom. The average molecular weight is 213 g/mol. The van der Waals surface area contributed by atoms with Crippen molar-refractivity contribution in [3.63, 3.8) is 0 Å². The molecule has 0 unspecified atom stereocenters. The molecular formula is C10H15NO2S. The van der Waals surface area contributed by atoms with Gasteiger partial charge in [-0.1, -0.05) is 6.07 Å². The molecule has 1 rings (SSSR count). The molecule has 0 bridgehead atoms. The van der Waals surface area contributed by atoms with E-state index >= 15 is 0 Å². The number of carboxylic acid groups (broad SMARTS) is 1. The van der Waals surface area contributed by atoms with E-state index in [4.69, 9.17) is 5.11 Å². The van der Waals surface area contributed by atoms with E-state index in [1.54, 1.807) is 11.3 Å². The largest absolute Gasteiger partial charge is 0.481 e. The molecular weight excluding hydrogens is 198 g/mol. The van der Waals surface area contributed by atoms with Gasteiger partial charge in [0.25, 0.3) is 0 Å². The molecule has 0 saturated heterocycles. The third-order valence-electron chi connectivity index (χ3n) is 1.99. The van der Waals surface area contributed by atoms with Crippen LogP contribution in [0.2, 0.25) is 0 Å². The second-order valence-corrected chi connectivity index (χ2v) is 4.17. The molecule has 0 fully saturated rings. The van der Waals surface area contributed by atoms with Crippen molar-refractivity contribution in [2.75, 3.05) is 6.54 Å². The van der Waals surface area contributed by atoms with Gasteiger partial charge in [-0.3, -0.25) is 4.79 Å². The molecule has 0 spiro atoms. The van der Waals surface area contributed by atoms with Crippen molar-refractivity contribution in [1.82, 2.24) is 5.32 Å². The zero-order valence-corrected chi connectivity index (χ0v) is 9.01. The van der Waals surface area contributed by atoms with E-state index in [1.165, 1.54) is 4.88 Å². The van der Waals surface area contributed by atoms with Crippen LogP contribution in [0.25, 0.3) is 0 Å². The van der Waals surface area contributed by atoms with Crippen LogP contribution < -0.4 is 5.32 Å². The van der Waals surface area contributed by atoms with Gasteiger partial charge in [-0.05, 0) is 31.3 Å². The van der Waals surface area contributed by atoms with Gasteiger partial charge in [0.1, 0.15) is 0 Å². The van der Waals surface area contributed by atoms with Crippen molar-refractivity contribution in [3.05, 3.63) is 22.4 Å². The van der Waals surface area contributed by atoms with Crippen molar-refractivity contribution < 1.29 is 9.90 Å². The fourth-order valence-corrected chi connectivity index (χ4v) is 1.96. The first-order valence-corrected chi connectivity index (χ1v) is 5.56. The number of aliphatic carboxylic acids is 1. The molecule has 1 heterocycles. The fourth-order valence-electron chi connectivity index (χ4n) is 1.20. The normalized spacial score (nSPS) is 12.6. The molecule has 0 amide bonds. The van der Waals surface area contributed by atoms with Crippen LogP contribution >= 0.6 is 11.3 Å². The Morgan fingerprint density at radius 2 is 2.50 bits per heavy atom. The van der Waals surface area contributed by atoms with Crippen LogP contribution in [0.3, 0.4) is 0 Å². The molecule has 4 heteroatoms. The predicted octanol–water partition coefficient (Wildman–Crippen LogP) is 2.26. The molecule has 1 aromatic rings. The van der Waals surface area contributed by atoms with Crippen molar-refractivity contribution >= 4 is 17.3 Å². The Morgan fingerprint density at radius 1 is 1.71 bits per heavy atom. The van der Waals surface area contributed by atoms with E-state index in [2.05, 4.69) is 18.3 Å². The molecule has 1 aromatic heterocycles. The van der Waals surface area contributed by atoms with E-state index in [-0.39, 0.29) is 6.42 Å². The van der Waals surface area contributed by atoms with Crippen LogP contribution in [0.1, 0.15) is 30.7 Å². The number of hydrogen-bond acceptors (Lipinski definition) is 3. The van der Waals surface area contributed by atoms with Gasteiger partial charge < -0.3 is 10.4 Å². The number of carboxylic acids is 1. The molecule has 0 saturated carbocycles. The molecule has 0 aliphatic carbocycles. The van der Waals surface area contributed by atoms with Gasteiger partial charge in [-0.15, -0.1) is 11.3 Å². The number of rotatable bonds is 6. The summed E-state index contributed by atoms with van der Waals surface area (Å²) in [6.45, 7) is 2.85. The lowest BCUT2D eigenvalue weighted by atomic mass is 10.2. The molecule has 1 atom stereocenters. The Kier molecular flexibility index (Phi) is 4.62. The summed E-state index contributed by atoms with van der Waals surface area (Å²) in [5.41, 5.74) is 0. The maximum atomic E-state index is 10.2. The van der Waals surface area contributed by atoms with Crippen LogP contribution in [0, 0.1) is 0 Å². The molecule has 3 nitrogen and oxygen atoms in total. The Balaban J connectivity index is 2.16. The molecule has 0 aromatic carbocycles. The minimum atomic E-state index is -0.726. The van der Waals surface area contributed by atoms with Gasteiger partial charge in [0.05, 0.1) is 0 Å². The Labute approximate surface area is 87.8 Å². The quantitative estimate of drug-likeness (QED) is 0.713. The summed E-state index contributed by atoms with van der Waals surface area (Å²) in [7, 11) is 0. The summed E-state index contributed by atoms with van der Waals surface area (Å²) in [5, 5.41) is 13.8. The molecule has 0 aliphatic rings. The topological polar surface area (TPSA) is 49.3 Å². The predicted molar refractivity (Wildman–Crippen MR) is 57.6 cm³/mol. The van der Waals surface area contributed by atoms with Crippen LogP contribution in [-0.2, 0) is 4.79 Å². The highest BCUT2D eigenvalue weighted by Crippen LogP contribution is 2.17. The van der Waals surface area contributed by atoms with Crippen molar-refractivity contribution in [2.24, 2.45) is 0 Å². The summed E-state index contributed by atoms with van der Waals surface area (Å²) >= 11 is 1.72. The van der Waals surface area contributed by atoms with Crippen LogP contribution in [0.4, 0.5) is 0 Å². The highest BCUT2D eigenvalue weighted by atomic mass is 32.1. The fraction of sp³-hybridized carbons (Fsp3) is 0.500. The zero-order chi connectivity index (χ0) is 10.4. The lowest BCUT2D eigenvalue weighted by molar-refractivity contribution is -0.137. The van der Waals surface area contributed by atoms with Crippen molar-refractivity contribution in [3.8, 4) is 0 Å². The standard InChI is InChI=1S/C10H15NO2S/c1-8(9-4-3-7-14-9)11-6-2-5-10(12)13/h3-4,7-8,11H,2,5-6H2,1H3,(H,12,13)/t8-/m0/s1. The highest BCUT2D eigenvalue weighted by Gasteiger charge is 2.04. The maximum absolute atomic E-state index is 10.2. The van der Waals surface area contributed by atoms with E-state index in [1.807, 2.05) is 11.4 Å². The zero-order valence-electron chi connectivity index (χ0n) is 8.19. The molecule has 14 heavy (non-hydrogen) atoms. The van der Waals surface area contributed by atoms with Gasteiger partial charge in [0.2, 0.25) is 0 Å². The smallest absolute Gasteiger partial charge is 0.303 e. The lowest BCUT2D eigenvalue weighted by Crippen LogP contribution is -2.19. The summed E-state index contributed by atoms with van der Waals surface area (Å²) < 4.78 is 0. The van der Waals surface area contributed by atoms with Crippen LogP contribution in [0.5, 0.6) is 0 Å². The molecule has 0 radical (unpaired) electrons. The summed E-state index contributed by atoms with van der Waals surface area (Å²) in [5.74, 6) is -0.726. The molecule has 2 N–H and O–H groups in total.